The maximum Gasteiger partial charge on any atom is 2.00 e. The van der Waals surface area contributed by atoms with E-state index in [9.17, 15) is 0 Å². The summed E-state index contributed by atoms with van der Waals surface area (Å²) >= 11 is 0. The Kier molecular flexibility index (Phi) is 7.59. The van der Waals surface area contributed by atoms with E-state index in [4.69, 9.17) is 4.98 Å². The normalized spacial score (nSPS) is 14.0. The Hall–Kier alpha value is -6.10. The molecular weight excluding hydrogens is 861 g/mol. The van der Waals surface area contributed by atoms with E-state index in [2.05, 4.69) is 130 Å². The van der Waals surface area contributed by atoms with Gasteiger partial charge >= 0.3 is 21.1 Å². The zero-order valence-corrected chi connectivity index (χ0v) is 32.2. The SMILES string of the molecule is CC1(C)c2ccc(C(F)c3[c-]c4c(cc3)c3ccccc3n3ccnc43)[c-]c2N(c2ccccn2)c2ccc3c4ccccc4n(-c4ccccc4)c3c21.[Pt+2]. The van der Waals surface area contributed by atoms with Crippen molar-refractivity contribution >= 4 is 66.3 Å². The quantitative estimate of drug-likeness (QED) is 0.131. The largest absolute Gasteiger partial charge is 2.00 e. The fourth-order valence-electron chi connectivity index (χ4n) is 8.82. The second-order valence-electron chi connectivity index (χ2n) is 14.6. The van der Waals surface area contributed by atoms with Gasteiger partial charge in [0.15, 0.2) is 0 Å². The number of alkyl halides is 1. The van der Waals surface area contributed by atoms with Crippen molar-refractivity contribution in [2.75, 3.05) is 4.90 Å². The van der Waals surface area contributed by atoms with Gasteiger partial charge in [0.05, 0.1) is 22.4 Å². The van der Waals surface area contributed by atoms with Gasteiger partial charge in [-0.05, 0) is 58.8 Å². The first kappa shape index (κ1) is 33.5. The first-order valence-electron chi connectivity index (χ1n) is 18.2. The summed E-state index contributed by atoms with van der Waals surface area (Å²) in [6.45, 7) is 4.54. The number of rotatable bonds is 4. The first-order valence-corrected chi connectivity index (χ1v) is 18.2. The van der Waals surface area contributed by atoms with E-state index in [0.29, 0.717) is 11.1 Å². The number of fused-ring (bicyclic) bond motifs is 12. The van der Waals surface area contributed by atoms with Crippen molar-refractivity contribution in [2.24, 2.45) is 0 Å². The molecule has 5 nitrogen and oxygen atoms in total. The van der Waals surface area contributed by atoms with Crippen LogP contribution < -0.4 is 4.90 Å². The van der Waals surface area contributed by atoms with Crippen LogP contribution >= 0.6 is 0 Å². The predicted molar refractivity (Wildman–Crippen MR) is 216 cm³/mol. The standard InChI is InChI=1S/C48H32FN5.Pt/c1-48(2)38-23-20-31(45(49)30-19-21-33-34-14-6-8-16-39(34)52-27-26-51-47(52)37(33)28-30)29-42(38)54(43-18-10-11-25-50-43)41-24-22-36-35-15-7-9-17-40(35)53(46(36)44(41)48)32-12-4-3-5-13-32;/h3-27,45H,1-2H3;/q-2;+2. The summed E-state index contributed by atoms with van der Waals surface area (Å²) in [5.74, 6) is 0.742. The zero-order valence-electron chi connectivity index (χ0n) is 29.9. The van der Waals surface area contributed by atoms with Crippen LogP contribution in [0.2, 0.25) is 0 Å². The molecule has 11 rings (SSSR count). The van der Waals surface area contributed by atoms with Crippen molar-refractivity contribution in [3.05, 3.63) is 186 Å². The number of aromatic nitrogens is 4. The van der Waals surface area contributed by atoms with Crippen molar-refractivity contribution < 1.29 is 25.5 Å². The van der Waals surface area contributed by atoms with Crippen LogP contribution in [0.3, 0.4) is 0 Å². The Morgan fingerprint density at radius 1 is 0.636 bits per heavy atom. The van der Waals surface area contributed by atoms with Gasteiger partial charge in [0.2, 0.25) is 0 Å². The number of imidazole rings is 1. The molecule has 266 valence electrons. The monoisotopic (exact) mass is 892 g/mol. The second kappa shape index (κ2) is 12.5. The molecule has 0 saturated heterocycles. The van der Waals surface area contributed by atoms with Crippen LogP contribution in [0.15, 0.2) is 152 Å². The average molecular weight is 893 g/mol. The molecule has 1 aliphatic rings. The molecule has 0 N–H and O–H groups in total. The Bertz CT molecular complexity index is 3110. The molecule has 0 spiro atoms. The molecule has 0 saturated carbocycles. The number of benzene rings is 6. The van der Waals surface area contributed by atoms with Gasteiger partial charge in [0.1, 0.15) is 12.0 Å². The molecule has 0 aliphatic carbocycles. The molecular formula is C48H32FN5Pt. The van der Waals surface area contributed by atoms with Crippen molar-refractivity contribution in [1.29, 1.82) is 0 Å². The van der Waals surface area contributed by atoms with E-state index in [0.717, 1.165) is 66.8 Å². The fourth-order valence-corrected chi connectivity index (χ4v) is 8.82. The molecule has 6 aromatic carbocycles. The van der Waals surface area contributed by atoms with Gasteiger partial charge in [0.25, 0.3) is 0 Å². The number of nitrogens with zero attached hydrogens (tertiary/aromatic N) is 5. The van der Waals surface area contributed by atoms with Crippen LogP contribution in [0.25, 0.3) is 54.8 Å². The Morgan fingerprint density at radius 3 is 2.13 bits per heavy atom. The molecule has 10 aromatic rings. The van der Waals surface area contributed by atoms with Gasteiger partial charge in [-0.25, -0.2) is 9.37 Å². The zero-order chi connectivity index (χ0) is 36.1. The van der Waals surface area contributed by atoms with Gasteiger partial charge < -0.3 is 13.9 Å². The second-order valence-corrected chi connectivity index (χ2v) is 14.6. The molecule has 1 unspecified atom stereocenters. The molecule has 0 radical (unpaired) electrons. The summed E-state index contributed by atoms with van der Waals surface area (Å²) in [7, 11) is 0. The topological polar surface area (TPSA) is 38.4 Å². The minimum Gasteiger partial charge on any atom is -0.340 e. The predicted octanol–water partition coefficient (Wildman–Crippen LogP) is 11.9. The number of para-hydroxylation sites is 3. The van der Waals surface area contributed by atoms with E-state index in [1.807, 2.05) is 54.7 Å². The van der Waals surface area contributed by atoms with E-state index in [1.165, 1.54) is 16.3 Å². The summed E-state index contributed by atoms with van der Waals surface area (Å²) < 4.78 is 21.5. The van der Waals surface area contributed by atoms with Crippen LogP contribution in [0.5, 0.6) is 0 Å². The maximum atomic E-state index is 17.1. The Balaban J connectivity index is 0.00000372. The summed E-state index contributed by atoms with van der Waals surface area (Å²) in [4.78, 5) is 11.7. The maximum absolute atomic E-state index is 17.1. The molecule has 5 heterocycles. The van der Waals surface area contributed by atoms with Crippen molar-refractivity contribution in [2.45, 2.75) is 25.4 Å². The van der Waals surface area contributed by atoms with Crippen molar-refractivity contribution in [3.8, 4) is 5.69 Å². The Morgan fingerprint density at radius 2 is 1.33 bits per heavy atom. The van der Waals surface area contributed by atoms with Crippen LogP contribution in [0.1, 0.15) is 42.3 Å². The Labute approximate surface area is 331 Å². The van der Waals surface area contributed by atoms with E-state index >= 15 is 4.39 Å². The van der Waals surface area contributed by atoms with Gasteiger partial charge in [-0.2, -0.15) is 18.2 Å². The van der Waals surface area contributed by atoms with Crippen LogP contribution in [0, 0.1) is 12.1 Å². The molecule has 1 atom stereocenters. The van der Waals surface area contributed by atoms with Gasteiger partial charge in [0, 0.05) is 40.6 Å². The summed E-state index contributed by atoms with van der Waals surface area (Å²) in [5, 5.41) is 5.23. The van der Waals surface area contributed by atoms with Gasteiger partial charge in [-0.3, -0.25) is 4.98 Å². The summed E-state index contributed by atoms with van der Waals surface area (Å²) in [6, 6.07) is 52.6. The smallest absolute Gasteiger partial charge is 0.340 e. The number of hydrogen-bond acceptors (Lipinski definition) is 3. The molecule has 0 bridgehead atoms. The van der Waals surface area contributed by atoms with Crippen LogP contribution in [-0.4, -0.2) is 18.9 Å². The molecule has 0 fully saturated rings. The number of halogens is 1. The summed E-state index contributed by atoms with van der Waals surface area (Å²) in [5.41, 5.74) is 9.58. The van der Waals surface area contributed by atoms with Crippen molar-refractivity contribution in [1.82, 2.24) is 18.9 Å². The summed E-state index contributed by atoms with van der Waals surface area (Å²) in [6.07, 6.45) is 4.06. The third kappa shape index (κ3) is 4.81. The number of hydrogen-bond donors (Lipinski definition) is 0. The molecule has 4 aromatic heterocycles. The van der Waals surface area contributed by atoms with E-state index < -0.39 is 11.6 Å². The number of pyridine rings is 2. The molecule has 55 heavy (non-hydrogen) atoms. The van der Waals surface area contributed by atoms with Crippen molar-refractivity contribution in [3.63, 3.8) is 0 Å². The van der Waals surface area contributed by atoms with Gasteiger partial charge in [-0.1, -0.05) is 103 Å². The molecule has 7 heteroatoms. The van der Waals surface area contributed by atoms with Gasteiger partial charge in [-0.15, -0.1) is 29.3 Å². The fraction of sp³-hybridized carbons (Fsp3) is 0.0833. The van der Waals surface area contributed by atoms with Crippen LogP contribution in [0.4, 0.5) is 21.6 Å². The van der Waals surface area contributed by atoms with E-state index in [1.54, 1.807) is 12.4 Å². The van der Waals surface area contributed by atoms with Crippen LogP contribution in [-0.2, 0) is 26.5 Å². The minimum absolute atomic E-state index is 0. The third-order valence-electron chi connectivity index (χ3n) is 11.3. The minimum atomic E-state index is -1.47. The molecule has 1 aliphatic heterocycles. The van der Waals surface area contributed by atoms with E-state index in [-0.39, 0.29) is 21.1 Å². The molecule has 0 amide bonds. The first-order chi connectivity index (χ1) is 26.5. The number of anilines is 3. The average Bonchev–Trinajstić information content (AvgIpc) is 3.85. The third-order valence-corrected chi connectivity index (χ3v) is 11.3.